The second-order valence-electron chi connectivity index (χ2n) is 4.87. The summed E-state index contributed by atoms with van der Waals surface area (Å²) in [5.41, 5.74) is 1.96. The molecule has 0 atom stereocenters. The standard InChI is InChI=1S/C16H17N3OS3/c1-2-3-9-21-15-17-18-16(23-15)22-11-13-10-14(20-19-13)12-7-5-4-6-8-12/h4-8,10H,2-3,9,11H2,1H3. The molecule has 0 saturated carbocycles. The van der Waals surface area contributed by atoms with Crippen molar-refractivity contribution in [3.63, 3.8) is 0 Å². The fourth-order valence-corrected chi connectivity index (χ4v) is 4.93. The van der Waals surface area contributed by atoms with Crippen molar-refractivity contribution in [2.24, 2.45) is 0 Å². The van der Waals surface area contributed by atoms with Crippen LogP contribution in [-0.2, 0) is 5.75 Å². The minimum absolute atomic E-state index is 0.741. The molecule has 0 aliphatic rings. The molecule has 0 amide bonds. The van der Waals surface area contributed by atoms with Crippen LogP contribution in [0.25, 0.3) is 11.3 Å². The number of rotatable bonds is 8. The van der Waals surface area contributed by atoms with Crippen molar-refractivity contribution >= 4 is 34.9 Å². The van der Waals surface area contributed by atoms with Crippen LogP contribution in [0.1, 0.15) is 25.5 Å². The molecule has 0 bridgehead atoms. The summed E-state index contributed by atoms with van der Waals surface area (Å²) in [6.07, 6.45) is 2.43. The highest BCUT2D eigenvalue weighted by Crippen LogP contribution is 2.31. The lowest BCUT2D eigenvalue weighted by Gasteiger charge is -1.93. The van der Waals surface area contributed by atoms with Crippen molar-refractivity contribution in [2.45, 2.75) is 34.2 Å². The second kappa shape index (κ2) is 8.52. The van der Waals surface area contributed by atoms with Crippen LogP contribution in [0.15, 0.2) is 49.6 Å². The quantitative estimate of drug-likeness (QED) is 0.396. The minimum Gasteiger partial charge on any atom is -0.356 e. The third-order valence-corrected chi connectivity index (χ3v) is 6.38. The number of hydrogen-bond acceptors (Lipinski definition) is 7. The number of nitrogens with zero attached hydrogens (tertiary/aromatic N) is 3. The van der Waals surface area contributed by atoms with Gasteiger partial charge in [-0.25, -0.2) is 0 Å². The van der Waals surface area contributed by atoms with E-state index >= 15 is 0 Å². The number of benzene rings is 1. The molecular formula is C16H17N3OS3. The van der Waals surface area contributed by atoms with E-state index in [0.29, 0.717) is 0 Å². The zero-order valence-electron chi connectivity index (χ0n) is 12.8. The summed E-state index contributed by atoms with van der Waals surface area (Å²) < 4.78 is 7.44. The van der Waals surface area contributed by atoms with E-state index in [9.17, 15) is 0 Å². The largest absolute Gasteiger partial charge is 0.356 e. The molecule has 23 heavy (non-hydrogen) atoms. The SMILES string of the molecule is CCCCSc1nnc(SCc2cc(-c3ccccc3)on2)s1. The van der Waals surface area contributed by atoms with Gasteiger partial charge in [0.05, 0.1) is 5.69 Å². The third-order valence-electron chi connectivity index (χ3n) is 3.07. The highest BCUT2D eigenvalue weighted by molar-refractivity contribution is 8.02. The first kappa shape index (κ1) is 16.5. The van der Waals surface area contributed by atoms with Crippen LogP contribution >= 0.6 is 34.9 Å². The smallest absolute Gasteiger partial charge is 0.175 e. The summed E-state index contributed by atoms with van der Waals surface area (Å²) in [7, 11) is 0. The molecule has 4 nitrogen and oxygen atoms in total. The second-order valence-corrected chi connectivity index (χ2v) is 8.42. The maximum Gasteiger partial charge on any atom is 0.175 e. The molecule has 3 aromatic rings. The summed E-state index contributed by atoms with van der Waals surface area (Å²) >= 11 is 5.09. The van der Waals surface area contributed by atoms with Crippen molar-refractivity contribution in [2.75, 3.05) is 5.75 Å². The Morgan fingerprint density at radius 3 is 2.65 bits per heavy atom. The van der Waals surface area contributed by atoms with Crippen LogP contribution in [0.2, 0.25) is 0 Å². The van der Waals surface area contributed by atoms with Crippen molar-refractivity contribution in [3.05, 3.63) is 42.1 Å². The summed E-state index contributed by atoms with van der Waals surface area (Å²) in [5, 5.41) is 12.6. The lowest BCUT2D eigenvalue weighted by molar-refractivity contribution is 0.426. The Hall–Kier alpha value is -1.31. The van der Waals surface area contributed by atoms with E-state index < -0.39 is 0 Å². The van der Waals surface area contributed by atoms with E-state index in [2.05, 4.69) is 22.3 Å². The van der Waals surface area contributed by atoms with Crippen LogP contribution in [0.4, 0.5) is 0 Å². The van der Waals surface area contributed by atoms with Crippen molar-refractivity contribution < 1.29 is 4.52 Å². The van der Waals surface area contributed by atoms with Crippen molar-refractivity contribution in [1.82, 2.24) is 15.4 Å². The van der Waals surface area contributed by atoms with Crippen LogP contribution in [0, 0.1) is 0 Å². The number of thioether (sulfide) groups is 2. The topological polar surface area (TPSA) is 51.8 Å². The van der Waals surface area contributed by atoms with Gasteiger partial charge in [0.25, 0.3) is 0 Å². The van der Waals surface area contributed by atoms with Crippen LogP contribution in [0.3, 0.4) is 0 Å². The minimum atomic E-state index is 0.741. The molecule has 120 valence electrons. The van der Waals surface area contributed by atoms with Crippen molar-refractivity contribution in [1.29, 1.82) is 0 Å². The van der Waals surface area contributed by atoms with E-state index in [1.165, 1.54) is 12.8 Å². The number of hydrogen-bond donors (Lipinski definition) is 0. The molecule has 7 heteroatoms. The number of aromatic nitrogens is 3. The van der Waals surface area contributed by atoms with E-state index in [4.69, 9.17) is 4.52 Å². The first-order valence-electron chi connectivity index (χ1n) is 7.45. The van der Waals surface area contributed by atoms with Gasteiger partial charge >= 0.3 is 0 Å². The monoisotopic (exact) mass is 363 g/mol. The molecule has 0 aliphatic carbocycles. The Kier molecular flexibility index (Phi) is 6.13. The van der Waals surface area contributed by atoms with E-state index in [1.807, 2.05) is 36.4 Å². The normalized spacial score (nSPS) is 11.0. The molecule has 0 aliphatic heterocycles. The highest BCUT2D eigenvalue weighted by Gasteiger charge is 2.09. The fourth-order valence-electron chi connectivity index (χ4n) is 1.87. The van der Waals surface area contributed by atoms with Gasteiger partial charge < -0.3 is 4.52 Å². The lowest BCUT2D eigenvalue weighted by atomic mass is 10.2. The van der Waals surface area contributed by atoms with Gasteiger partial charge in [-0.2, -0.15) is 0 Å². The van der Waals surface area contributed by atoms with Gasteiger partial charge in [-0.15, -0.1) is 10.2 Å². The Morgan fingerprint density at radius 2 is 1.87 bits per heavy atom. The Balaban J connectivity index is 1.54. The Labute approximate surface area is 148 Å². The lowest BCUT2D eigenvalue weighted by Crippen LogP contribution is -1.79. The predicted octanol–water partition coefficient (Wildman–Crippen LogP) is 5.38. The van der Waals surface area contributed by atoms with E-state index in [-0.39, 0.29) is 0 Å². The molecule has 2 heterocycles. The maximum absolute atomic E-state index is 5.41. The van der Waals surface area contributed by atoms with Crippen LogP contribution in [-0.4, -0.2) is 21.1 Å². The molecule has 1 aromatic carbocycles. The molecule has 0 N–H and O–H groups in total. The Morgan fingerprint density at radius 1 is 1.09 bits per heavy atom. The fraction of sp³-hybridized carbons (Fsp3) is 0.312. The van der Waals surface area contributed by atoms with E-state index in [0.717, 1.165) is 37.2 Å². The molecular weight excluding hydrogens is 346 g/mol. The van der Waals surface area contributed by atoms with Crippen LogP contribution < -0.4 is 0 Å². The summed E-state index contributed by atoms with van der Waals surface area (Å²) in [6, 6.07) is 12.0. The Bertz CT molecular complexity index is 727. The highest BCUT2D eigenvalue weighted by atomic mass is 32.2. The maximum atomic E-state index is 5.41. The predicted molar refractivity (Wildman–Crippen MR) is 97.0 cm³/mol. The summed E-state index contributed by atoms with van der Waals surface area (Å²) in [6.45, 7) is 2.20. The molecule has 3 rings (SSSR count). The number of unbranched alkanes of at least 4 members (excludes halogenated alkanes) is 1. The zero-order chi connectivity index (χ0) is 15.9. The van der Waals surface area contributed by atoms with Gasteiger partial charge in [0.1, 0.15) is 0 Å². The first-order chi connectivity index (χ1) is 11.3. The average Bonchev–Trinajstić information content (AvgIpc) is 3.23. The molecule has 2 aromatic heterocycles. The molecule has 0 saturated heterocycles. The molecule has 0 fully saturated rings. The van der Waals surface area contributed by atoms with Gasteiger partial charge in [0.15, 0.2) is 14.4 Å². The molecule has 0 radical (unpaired) electrons. The van der Waals surface area contributed by atoms with Gasteiger partial charge in [-0.1, -0.05) is 83.7 Å². The van der Waals surface area contributed by atoms with Gasteiger partial charge in [-0.3, -0.25) is 0 Å². The van der Waals surface area contributed by atoms with Crippen molar-refractivity contribution in [3.8, 4) is 11.3 Å². The third kappa shape index (κ3) is 4.83. The van der Waals surface area contributed by atoms with E-state index in [1.54, 1.807) is 34.9 Å². The first-order valence-corrected chi connectivity index (χ1v) is 10.2. The zero-order valence-corrected chi connectivity index (χ0v) is 15.2. The average molecular weight is 364 g/mol. The summed E-state index contributed by atoms with van der Waals surface area (Å²) in [4.78, 5) is 0. The van der Waals surface area contributed by atoms with Gasteiger partial charge in [-0.05, 0) is 6.42 Å². The van der Waals surface area contributed by atoms with Gasteiger partial charge in [0.2, 0.25) is 0 Å². The summed E-state index contributed by atoms with van der Waals surface area (Å²) in [5.74, 6) is 2.65. The van der Waals surface area contributed by atoms with Gasteiger partial charge in [0, 0.05) is 23.1 Å². The molecule has 0 unspecified atom stereocenters. The van der Waals surface area contributed by atoms with Crippen LogP contribution in [0.5, 0.6) is 0 Å². The molecule has 0 spiro atoms.